The van der Waals surface area contributed by atoms with E-state index in [0.717, 1.165) is 12.1 Å². The molecule has 3 rings (SSSR count). The summed E-state index contributed by atoms with van der Waals surface area (Å²) in [5.41, 5.74) is 1.68. The van der Waals surface area contributed by atoms with Crippen molar-refractivity contribution in [3.05, 3.63) is 29.8 Å². The van der Waals surface area contributed by atoms with Crippen LogP contribution in [0.15, 0.2) is 24.3 Å². The van der Waals surface area contributed by atoms with Crippen LogP contribution in [0.5, 0.6) is 0 Å². The zero-order chi connectivity index (χ0) is 15.4. The summed E-state index contributed by atoms with van der Waals surface area (Å²) >= 11 is 0. The van der Waals surface area contributed by atoms with E-state index in [0.29, 0.717) is 12.5 Å². The first-order chi connectivity index (χ1) is 9.84. The van der Waals surface area contributed by atoms with Crippen molar-refractivity contribution in [2.45, 2.75) is 27.2 Å². The maximum absolute atomic E-state index is 12.9. The fraction of sp³-hybridized carbons (Fsp3) is 0.529. The largest absolute Gasteiger partial charge is 0.481 e. The number of hydrogen-bond donors (Lipinski definition) is 1. The van der Waals surface area contributed by atoms with Gasteiger partial charge in [-0.3, -0.25) is 9.59 Å². The highest BCUT2D eigenvalue weighted by Crippen LogP contribution is 2.59. The predicted octanol–water partition coefficient (Wildman–Crippen LogP) is 2.57. The fourth-order valence-corrected chi connectivity index (χ4v) is 3.73. The van der Waals surface area contributed by atoms with Crippen molar-refractivity contribution in [1.29, 1.82) is 0 Å². The molecular weight excluding hydrogens is 266 g/mol. The van der Waals surface area contributed by atoms with Gasteiger partial charge in [0.25, 0.3) is 0 Å². The Kier molecular flexibility index (Phi) is 3.08. The second-order valence-electron chi connectivity index (χ2n) is 7.00. The molecule has 0 radical (unpaired) electrons. The third-order valence-electron chi connectivity index (χ3n) is 4.97. The second kappa shape index (κ2) is 4.58. The van der Waals surface area contributed by atoms with Crippen molar-refractivity contribution in [2.24, 2.45) is 23.2 Å². The maximum Gasteiger partial charge on any atom is 0.307 e. The molecule has 1 heterocycles. The Balaban J connectivity index is 1.91. The van der Waals surface area contributed by atoms with Crippen LogP contribution in [0.2, 0.25) is 0 Å². The van der Waals surface area contributed by atoms with E-state index in [1.54, 1.807) is 4.90 Å². The molecule has 0 bridgehead atoms. The van der Waals surface area contributed by atoms with Crippen LogP contribution in [0.25, 0.3) is 0 Å². The number of anilines is 1. The van der Waals surface area contributed by atoms with Gasteiger partial charge in [-0.15, -0.1) is 0 Å². The average molecular weight is 287 g/mol. The summed E-state index contributed by atoms with van der Waals surface area (Å²) in [4.78, 5) is 26.0. The zero-order valence-electron chi connectivity index (χ0n) is 12.7. The first-order valence-electron chi connectivity index (χ1n) is 7.46. The SMILES string of the molecule is CC1Cc2ccccc2N(C(=O)C2C(C(=O)O)C2(C)C)C1. The lowest BCUT2D eigenvalue weighted by Gasteiger charge is -2.33. The van der Waals surface area contributed by atoms with Gasteiger partial charge in [0, 0.05) is 12.2 Å². The van der Waals surface area contributed by atoms with Gasteiger partial charge in [0.05, 0.1) is 11.8 Å². The molecule has 0 spiro atoms. The number of carbonyl (C=O) groups excluding carboxylic acids is 1. The third-order valence-corrected chi connectivity index (χ3v) is 4.97. The molecule has 21 heavy (non-hydrogen) atoms. The number of benzene rings is 1. The Bertz CT molecular complexity index is 608. The van der Waals surface area contributed by atoms with Crippen LogP contribution in [0.3, 0.4) is 0 Å². The van der Waals surface area contributed by atoms with Crippen molar-refractivity contribution in [3.63, 3.8) is 0 Å². The molecule has 112 valence electrons. The first kappa shape index (κ1) is 14.1. The molecule has 0 saturated heterocycles. The molecule has 0 aromatic heterocycles. The number of fused-ring (bicyclic) bond motifs is 1. The summed E-state index contributed by atoms with van der Waals surface area (Å²) in [5.74, 6) is -1.47. The fourth-order valence-electron chi connectivity index (χ4n) is 3.73. The van der Waals surface area contributed by atoms with E-state index in [9.17, 15) is 14.7 Å². The van der Waals surface area contributed by atoms with Crippen LogP contribution in [0.1, 0.15) is 26.3 Å². The highest BCUT2D eigenvalue weighted by atomic mass is 16.4. The number of carboxylic acid groups (broad SMARTS) is 1. The molecule has 1 aliphatic carbocycles. The minimum atomic E-state index is -0.864. The van der Waals surface area contributed by atoms with Crippen molar-refractivity contribution in [3.8, 4) is 0 Å². The van der Waals surface area contributed by atoms with Crippen LogP contribution in [-0.2, 0) is 16.0 Å². The summed E-state index contributed by atoms with van der Waals surface area (Å²) in [6.07, 6.45) is 0.969. The van der Waals surface area contributed by atoms with Gasteiger partial charge in [0.2, 0.25) is 5.91 Å². The molecule has 1 N–H and O–H groups in total. The monoisotopic (exact) mass is 287 g/mol. The summed E-state index contributed by atoms with van der Waals surface area (Å²) in [7, 11) is 0. The van der Waals surface area contributed by atoms with E-state index in [4.69, 9.17) is 0 Å². The highest BCUT2D eigenvalue weighted by molar-refractivity contribution is 6.02. The van der Waals surface area contributed by atoms with Crippen LogP contribution in [0, 0.1) is 23.2 Å². The topological polar surface area (TPSA) is 57.6 Å². The number of carboxylic acids is 1. The molecule has 4 nitrogen and oxygen atoms in total. The summed E-state index contributed by atoms with van der Waals surface area (Å²) < 4.78 is 0. The summed E-state index contributed by atoms with van der Waals surface area (Å²) in [5, 5.41) is 9.28. The third kappa shape index (κ3) is 2.13. The summed E-state index contributed by atoms with van der Waals surface area (Å²) in [6, 6.07) is 7.94. The van der Waals surface area contributed by atoms with Crippen LogP contribution >= 0.6 is 0 Å². The van der Waals surface area contributed by atoms with Crippen molar-refractivity contribution >= 4 is 17.6 Å². The van der Waals surface area contributed by atoms with E-state index in [1.807, 2.05) is 32.0 Å². The van der Waals surface area contributed by atoms with E-state index in [1.165, 1.54) is 5.56 Å². The predicted molar refractivity (Wildman–Crippen MR) is 80.1 cm³/mol. The van der Waals surface area contributed by atoms with E-state index >= 15 is 0 Å². The van der Waals surface area contributed by atoms with Gasteiger partial charge in [-0.05, 0) is 29.4 Å². The Morgan fingerprint density at radius 2 is 1.90 bits per heavy atom. The van der Waals surface area contributed by atoms with Gasteiger partial charge in [-0.1, -0.05) is 39.0 Å². The number of aliphatic carboxylic acids is 1. The number of nitrogens with zero attached hydrogens (tertiary/aromatic N) is 1. The van der Waals surface area contributed by atoms with Crippen molar-refractivity contribution in [1.82, 2.24) is 0 Å². The highest BCUT2D eigenvalue weighted by Gasteiger charge is 2.66. The Labute approximate surface area is 124 Å². The van der Waals surface area contributed by atoms with Crippen LogP contribution < -0.4 is 4.90 Å². The quantitative estimate of drug-likeness (QED) is 0.909. The first-order valence-corrected chi connectivity index (χ1v) is 7.46. The molecule has 1 saturated carbocycles. The van der Waals surface area contributed by atoms with Gasteiger partial charge in [0.1, 0.15) is 0 Å². The van der Waals surface area contributed by atoms with E-state index < -0.39 is 23.2 Å². The lowest BCUT2D eigenvalue weighted by atomic mass is 9.93. The number of amides is 1. The van der Waals surface area contributed by atoms with Gasteiger partial charge < -0.3 is 10.0 Å². The Morgan fingerprint density at radius 3 is 2.52 bits per heavy atom. The standard InChI is InChI=1S/C17H21NO3/c1-10-8-11-6-4-5-7-12(11)18(9-10)15(19)13-14(16(20)21)17(13,2)3/h4-7,10,13-14H,8-9H2,1-3H3,(H,20,21). The second-order valence-corrected chi connectivity index (χ2v) is 7.00. The Morgan fingerprint density at radius 1 is 1.24 bits per heavy atom. The smallest absolute Gasteiger partial charge is 0.307 e. The van der Waals surface area contributed by atoms with E-state index in [2.05, 4.69) is 13.0 Å². The van der Waals surface area contributed by atoms with Crippen LogP contribution in [0.4, 0.5) is 5.69 Å². The van der Waals surface area contributed by atoms with Crippen molar-refractivity contribution < 1.29 is 14.7 Å². The lowest BCUT2D eigenvalue weighted by Crippen LogP contribution is -2.41. The maximum atomic E-state index is 12.9. The molecule has 3 atom stereocenters. The molecule has 2 aliphatic rings. The molecule has 4 heteroatoms. The molecular formula is C17H21NO3. The van der Waals surface area contributed by atoms with Crippen LogP contribution in [-0.4, -0.2) is 23.5 Å². The molecule has 3 unspecified atom stereocenters. The molecule has 1 aromatic rings. The number of para-hydroxylation sites is 1. The van der Waals surface area contributed by atoms with Gasteiger partial charge >= 0.3 is 5.97 Å². The van der Waals surface area contributed by atoms with E-state index in [-0.39, 0.29) is 5.91 Å². The minimum Gasteiger partial charge on any atom is -0.481 e. The van der Waals surface area contributed by atoms with Gasteiger partial charge in [0.15, 0.2) is 0 Å². The Hall–Kier alpha value is -1.84. The van der Waals surface area contributed by atoms with Gasteiger partial charge in [-0.25, -0.2) is 0 Å². The molecule has 1 amide bonds. The molecule has 1 aromatic carbocycles. The molecule has 1 aliphatic heterocycles. The van der Waals surface area contributed by atoms with Gasteiger partial charge in [-0.2, -0.15) is 0 Å². The minimum absolute atomic E-state index is 0.0357. The number of carbonyl (C=O) groups is 2. The number of rotatable bonds is 2. The van der Waals surface area contributed by atoms with Crippen molar-refractivity contribution in [2.75, 3.05) is 11.4 Å². The lowest BCUT2D eigenvalue weighted by molar-refractivity contribution is -0.140. The molecule has 1 fully saturated rings. The summed E-state index contributed by atoms with van der Waals surface area (Å²) in [6.45, 7) is 6.54. The zero-order valence-corrected chi connectivity index (χ0v) is 12.7. The average Bonchev–Trinajstić information content (AvgIpc) is 3.00. The normalized spacial score (nSPS) is 29.7. The number of hydrogen-bond acceptors (Lipinski definition) is 2.